The van der Waals surface area contributed by atoms with Crippen molar-refractivity contribution in [2.75, 3.05) is 11.3 Å². The van der Waals surface area contributed by atoms with Gasteiger partial charge in [0.05, 0.1) is 4.90 Å². The van der Waals surface area contributed by atoms with Gasteiger partial charge in [-0.2, -0.15) is 0 Å². The molecule has 0 spiro atoms. The molecular formula is C22H20F3N3O5S2. The van der Waals surface area contributed by atoms with Crippen LogP contribution in [-0.4, -0.2) is 43.2 Å². The highest BCUT2D eigenvalue weighted by atomic mass is 32.2. The summed E-state index contributed by atoms with van der Waals surface area (Å²) >= 11 is 1.16. The van der Waals surface area contributed by atoms with Crippen LogP contribution in [0.4, 0.5) is 18.3 Å². The van der Waals surface area contributed by atoms with E-state index in [4.69, 9.17) is 4.74 Å². The van der Waals surface area contributed by atoms with E-state index in [2.05, 4.69) is 14.4 Å². The van der Waals surface area contributed by atoms with Gasteiger partial charge in [0.25, 0.3) is 15.9 Å². The summed E-state index contributed by atoms with van der Waals surface area (Å²) in [7, 11) is -3.84. The standard InChI is InChI=1S/C22H20F3N3O5S2/c1-14(32-17-3-5-18(6-4-17)33-22(23,24)25)20(29)28-10-8-15-2-7-19(12-16(15)13-28)35(30,31)27-21-26-9-11-34-21/h2-7,9,11-12,14H,8,10,13H2,1H3,(H,26,27). The summed E-state index contributed by atoms with van der Waals surface area (Å²) < 4.78 is 74.1. The van der Waals surface area contributed by atoms with Gasteiger partial charge in [0.1, 0.15) is 11.5 Å². The molecule has 8 nitrogen and oxygen atoms in total. The first kappa shape index (κ1) is 24.8. The molecular weight excluding hydrogens is 507 g/mol. The number of carbonyl (C=O) groups excluding carboxylic acids is 1. The average molecular weight is 528 g/mol. The molecule has 3 aromatic rings. The van der Waals surface area contributed by atoms with Crippen molar-refractivity contribution in [2.45, 2.75) is 37.3 Å². The van der Waals surface area contributed by atoms with Crippen LogP contribution >= 0.6 is 11.3 Å². The molecule has 1 amide bonds. The predicted molar refractivity (Wildman–Crippen MR) is 122 cm³/mol. The maximum atomic E-state index is 13.0. The van der Waals surface area contributed by atoms with Crippen molar-refractivity contribution < 1.29 is 35.9 Å². The molecule has 0 aliphatic carbocycles. The Hall–Kier alpha value is -3.32. The zero-order valence-corrected chi connectivity index (χ0v) is 19.9. The Bertz CT molecular complexity index is 1300. The van der Waals surface area contributed by atoms with Gasteiger partial charge >= 0.3 is 6.36 Å². The summed E-state index contributed by atoms with van der Waals surface area (Å²) in [5.41, 5.74) is 1.64. The number of nitrogens with zero attached hydrogens (tertiary/aromatic N) is 2. The molecule has 0 saturated heterocycles. The first-order valence-electron chi connectivity index (χ1n) is 10.4. The number of thiazole rings is 1. The van der Waals surface area contributed by atoms with Gasteiger partial charge in [0, 0.05) is 24.7 Å². The average Bonchev–Trinajstić information content (AvgIpc) is 3.30. The number of hydrogen-bond acceptors (Lipinski definition) is 7. The molecule has 35 heavy (non-hydrogen) atoms. The van der Waals surface area contributed by atoms with Crippen LogP contribution in [0.5, 0.6) is 11.5 Å². The van der Waals surface area contributed by atoms with E-state index in [9.17, 15) is 26.4 Å². The van der Waals surface area contributed by atoms with E-state index in [1.165, 1.54) is 37.4 Å². The third-order valence-corrected chi connectivity index (χ3v) is 7.34. The van der Waals surface area contributed by atoms with E-state index in [1.54, 1.807) is 16.3 Å². The second-order valence-corrected chi connectivity index (χ2v) is 10.2. The first-order valence-corrected chi connectivity index (χ1v) is 12.7. The normalized spacial score (nSPS) is 14.7. The summed E-state index contributed by atoms with van der Waals surface area (Å²) in [6.45, 7) is 2.15. The largest absolute Gasteiger partial charge is 0.573 e. The molecule has 1 atom stereocenters. The Labute approximate surface area is 203 Å². The Morgan fingerprint density at radius 2 is 1.86 bits per heavy atom. The summed E-state index contributed by atoms with van der Waals surface area (Å²) in [5, 5.41) is 1.91. The third kappa shape index (κ3) is 6.22. The Morgan fingerprint density at radius 3 is 2.51 bits per heavy atom. The number of nitrogens with one attached hydrogen (secondary N) is 1. The van der Waals surface area contributed by atoms with Crippen LogP contribution < -0.4 is 14.2 Å². The van der Waals surface area contributed by atoms with Gasteiger partial charge in [-0.15, -0.1) is 24.5 Å². The van der Waals surface area contributed by atoms with Gasteiger partial charge in [-0.1, -0.05) is 6.07 Å². The summed E-state index contributed by atoms with van der Waals surface area (Å²) in [4.78, 5) is 18.5. The fourth-order valence-electron chi connectivity index (χ4n) is 3.57. The molecule has 2 aromatic carbocycles. The lowest BCUT2D eigenvalue weighted by atomic mass is 9.99. The number of amides is 1. The number of fused-ring (bicyclic) bond motifs is 1. The topological polar surface area (TPSA) is 97.8 Å². The van der Waals surface area contributed by atoms with Crippen LogP contribution in [0.2, 0.25) is 0 Å². The van der Waals surface area contributed by atoms with Crippen LogP contribution in [-0.2, 0) is 27.8 Å². The minimum atomic E-state index is -4.80. The van der Waals surface area contributed by atoms with E-state index in [0.29, 0.717) is 18.5 Å². The van der Waals surface area contributed by atoms with Crippen molar-refractivity contribution in [2.24, 2.45) is 0 Å². The van der Waals surface area contributed by atoms with E-state index in [1.807, 2.05) is 0 Å². The van der Waals surface area contributed by atoms with E-state index >= 15 is 0 Å². The highest BCUT2D eigenvalue weighted by Gasteiger charge is 2.31. The minimum absolute atomic E-state index is 0.0613. The van der Waals surface area contributed by atoms with Crippen LogP contribution in [0.25, 0.3) is 0 Å². The number of anilines is 1. The number of rotatable bonds is 7. The number of carbonyl (C=O) groups is 1. The summed E-state index contributed by atoms with van der Waals surface area (Å²) in [6.07, 6.45) is -3.68. The van der Waals surface area contributed by atoms with Crippen molar-refractivity contribution >= 4 is 32.4 Å². The number of alkyl halides is 3. The highest BCUT2D eigenvalue weighted by Crippen LogP contribution is 2.27. The number of benzene rings is 2. The van der Waals surface area contributed by atoms with Gasteiger partial charge in [-0.05, 0) is 60.9 Å². The summed E-state index contributed by atoms with van der Waals surface area (Å²) in [5.74, 6) is -0.522. The Kier molecular flexibility index (Phi) is 6.90. The molecule has 1 unspecified atom stereocenters. The fourth-order valence-corrected chi connectivity index (χ4v) is 5.41. The lowest BCUT2D eigenvalue weighted by Gasteiger charge is -2.31. The number of halogens is 3. The predicted octanol–water partition coefficient (Wildman–Crippen LogP) is 4.19. The molecule has 1 aliphatic heterocycles. The fraction of sp³-hybridized carbons (Fsp3) is 0.273. The first-order chi connectivity index (χ1) is 16.5. The molecule has 1 N–H and O–H groups in total. The summed E-state index contributed by atoms with van der Waals surface area (Å²) in [6, 6.07) is 9.54. The van der Waals surface area contributed by atoms with Gasteiger partial charge in [-0.25, -0.2) is 13.4 Å². The van der Waals surface area contributed by atoms with Crippen molar-refractivity contribution in [3.63, 3.8) is 0 Å². The van der Waals surface area contributed by atoms with Gasteiger partial charge in [-0.3, -0.25) is 9.52 Å². The Morgan fingerprint density at radius 1 is 1.14 bits per heavy atom. The van der Waals surface area contributed by atoms with Crippen molar-refractivity contribution in [3.05, 3.63) is 65.2 Å². The zero-order chi connectivity index (χ0) is 25.2. The zero-order valence-electron chi connectivity index (χ0n) is 18.3. The van der Waals surface area contributed by atoms with E-state index in [0.717, 1.165) is 29.0 Å². The van der Waals surface area contributed by atoms with Crippen LogP contribution in [0.15, 0.2) is 58.9 Å². The quantitative estimate of drug-likeness (QED) is 0.495. The van der Waals surface area contributed by atoms with Crippen LogP contribution in [0.3, 0.4) is 0 Å². The number of ether oxygens (including phenoxy) is 2. The monoisotopic (exact) mass is 527 g/mol. The number of hydrogen-bond donors (Lipinski definition) is 1. The number of aromatic nitrogens is 1. The van der Waals surface area contributed by atoms with Crippen molar-refractivity contribution in [1.29, 1.82) is 0 Å². The molecule has 2 heterocycles. The SMILES string of the molecule is CC(Oc1ccc(OC(F)(F)F)cc1)C(=O)N1CCc2ccc(S(=O)(=O)Nc3nccs3)cc2C1. The van der Waals surface area contributed by atoms with E-state index in [-0.39, 0.29) is 28.2 Å². The second kappa shape index (κ2) is 9.74. The molecule has 1 aromatic heterocycles. The maximum Gasteiger partial charge on any atom is 0.573 e. The number of sulfonamides is 1. The molecule has 13 heteroatoms. The van der Waals surface area contributed by atoms with Gasteiger partial charge in [0.2, 0.25) is 0 Å². The molecule has 0 fully saturated rings. The molecule has 0 radical (unpaired) electrons. The molecule has 1 aliphatic rings. The Balaban J connectivity index is 1.41. The molecule has 4 rings (SSSR count). The molecule has 186 valence electrons. The highest BCUT2D eigenvalue weighted by molar-refractivity contribution is 7.93. The second-order valence-electron chi connectivity index (χ2n) is 7.66. The van der Waals surface area contributed by atoms with Gasteiger partial charge < -0.3 is 14.4 Å². The third-order valence-electron chi connectivity index (χ3n) is 5.18. The minimum Gasteiger partial charge on any atom is -0.481 e. The molecule has 0 saturated carbocycles. The van der Waals surface area contributed by atoms with Gasteiger partial charge in [0.15, 0.2) is 11.2 Å². The van der Waals surface area contributed by atoms with E-state index < -0.39 is 28.2 Å². The lowest BCUT2D eigenvalue weighted by molar-refractivity contribution is -0.274. The van der Waals surface area contributed by atoms with Crippen molar-refractivity contribution in [1.82, 2.24) is 9.88 Å². The van der Waals surface area contributed by atoms with Crippen LogP contribution in [0.1, 0.15) is 18.1 Å². The molecule has 0 bridgehead atoms. The van der Waals surface area contributed by atoms with Crippen molar-refractivity contribution in [3.8, 4) is 11.5 Å². The smallest absolute Gasteiger partial charge is 0.481 e. The van der Waals surface area contributed by atoms with Crippen LogP contribution in [0, 0.1) is 0 Å². The maximum absolute atomic E-state index is 13.0. The lowest BCUT2D eigenvalue weighted by Crippen LogP contribution is -2.43.